The highest BCUT2D eigenvalue weighted by Crippen LogP contribution is 2.20. The Hall–Kier alpha value is -1.07. The number of hydrogen-bond acceptors (Lipinski definition) is 4. The van der Waals surface area contributed by atoms with Gasteiger partial charge < -0.3 is 10.1 Å². The van der Waals surface area contributed by atoms with Crippen LogP contribution in [0.2, 0.25) is 0 Å². The van der Waals surface area contributed by atoms with Gasteiger partial charge in [0.1, 0.15) is 5.75 Å². The lowest BCUT2D eigenvalue weighted by Crippen LogP contribution is -2.18. The van der Waals surface area contributed by atoms with Gasteiger partial charge in [0.25, 0.3) is 0 Å². The summed E-state index contributed by atoms with van der Waals surface area (Å²) < 4.78 is 29.2. The van der Waals surface area contributed by atoms with Crippen LogP contribution in [0, 0.1) is 5.92 Å². The fraction of sp³-hybridized carbons (Fsp3) is 0.500. The minimum absolute atomic E-state index is 0.229. The van der Waals surface area contributed by atoms with E-state index in [1.165, 1.54) is 0 Å². The quantitative estimate of drug-likeness (QED) is 0.874. The smallest absolute Gasteiger partial charge is 0.178 e. The first-order valence-electron chi connectivity index (χ1n) is 5.69. The van der Waals surface area contributed by atoms with Gasteiger partial charge in [-0.05, 0) is 49.7 Å². The molecule has 1 aliphatic heterocycles. The average molecular weight is 255 g/mol. The van der Waals surface area contributed by atoms with Gasteiger partial charge in [-0.2, -0.15) is 0 Å². The molecule has 1 fully saturated rings. The lowest BCUT2D eigenvalue weighted by Gasteiger charge is -2.09. The number of methoxy groups -OCH3 is 1. The average Bonchev–Trinajstić information content (AvgIpc) is 2.81. The molecule has 2 rings (SSSR count). The van der Waals surface area contributed by atoms with E-state index in [1.54, 1.807) is 31.4 Å². The summed E-state index contributed by atoms with van der Waals surface area (Å²) in [5.41, 5.74) is 0. The Bertz CT molecular complexity index is 461. The summed E-state index contributed by atoms with van der Waals surface area (Å²) >= 11 is 0. The second-order valence-electron chi connectivity index (χ2n) is 4.32. The van der Waals surface area contributed by atoms with Gasteiger partial charge >= 0.3 is 0 Å². The number of nitrogens with one attached hydrogen (secondary N) is 1. The third-order valence-electron chi connectivity index (χ3n) is 3.04. The molecule has 0 spiro atoms. The van der Waals surface area contributed by atoms with Crippen LogP contribution in [0.1, 0.15) is 6.42 Å². The predicted molar refractivity (Wildman–Crippen MR) is 66.0 cm³/mol. The Kier molecular flexibility index (Phi) is 3.69. The monoisotopic (exact) mass is 255 g/mol. The van der Waals surface area contributed by atoms with Gasteiger partial charge in [0.05, 0.1) is 17.8 Å². The van der Waals surface area contributed by atoms with Crippen LogP contribution in [0.3, 0.4) is 0 Å². The van der Waals surface area contributed by atoms with E-state index in [-0.39, 0.29) is 11.7 Å². The maximum absolute atomic E-state index is 12.1. The molecule has 1 unspecified atom stereocenters. The zero-order valence-corrected chi connectivity index (χ0v) is 10.7. The molecule has 1 aliphatic rings. The summed E-state index contributed by atoms with van der Waals surface area (Å²) in [5, 5.41) is 3.18. The topological polar surface area (TPSA) is 55.4 Å². The van der Waals surface area contributed by atoms with Crippen LogP contribution in [0.15, 0.2) is 29.2 Å². The Balaban J connectivity index is 2.12. The highest BCUT2D eigenvalue weighted by Gasteiger charge is 2.23. The maximum atomic E-state index is 12.1. The van der Waals surface area contributed by atoms with Crippen molar-refractivity contribution >= 4 is 9.84 Å². The first kappa shape index (κ1) is 12.4. The molecule has 0 bridgehead atoms. The standard InChI is InChI=1S/C12H17NO3S/c1-16-11-2-4-12(5-3-11)17(14,15)9-10-6-7-13-8-10/h2-5,10,13H,6-9H2,1H3. The van der Waals surface area contributed by atoms with Crippen molar-refractivity contribution in [3.8, 4) is 5.75 Å². The van der Waals surface area contributed by atoms with Crippen molar-refractivity contribution < 1.29 is 13.2 Å². The molecule has 0 radical (unpaired) electrons. The van der Waals surface area contributed by atoms with Crippen molar-refractivity contribution in [3.63, 3.8) is 0 Å². The van der Waals surface area contributed by atoms with Gasteiger partial charge in [-0.1, -0.05) is 0 Å². The highest BCUT2D eigenvalue weighted by molar-refractivity contribution is 7.91. The van der Waals surface area contributed by atoms with Crippen LogP contribution in [0.4, 0.5) is 0 Å². The van der Waals surface area contributed by atoms with E-state index in [2.05, 4.69) is 5.32 Å². The van der Waals surface area contributed by atoms with Crippen molar-refractivity contribution in [2.24, 2.45) is 5.92 Å². The molecule has 1 saturated heterocycles. The Morgan fingerprint density at radius 1 is 1.35 bits per heavy atom. The first-order chi connectivity index (χ1) is 8.12. The van der Waals surface area contributed by atoms with Crippen molar-refractivity contribution in [3.05, 3.63) is 24.3 Å². The van der Waals surface area contributed by atoms with E-state index in [1.807, 2.05) is 0 Å². The van der Waals surface area contributed by atoms with E-state index >= 15 is 0 Å². The lowest BCUT2D eigenvalue weighted by atomic mass is 10.2. The van der Waals surface area contributed by atoms with Gasteiger partial charge in [0.15, 0.2) is 9.84 Å². The zero-order chi connectivity index (χ0) is 12.3. The van der Waals surface area contributed by atoms with Gasteiger partial charge in [0.2, 0.25) is 0 Å². The molecular formula is C12H17NO3S. The third kappa shape index (κ3) is 2.98. The van der Waals surface area contributed by atoms with E-state index in [9.17, 15) is 8.42 Å². The van der Waals surface area contributed by atoms with E-state index in [0.29, 0.717) is 10.6 Å². The SMILES string of the molecule is COc1ccc(S(=O)(=O)CC2CCNC2)cc1. The second-order valence-corrected chi connectivity index (χ2v) is 6.35. The third-order valence-corrected chi connectivity index (χ3v) is 4.94. The number of sulfone groups is 1. The maximum Gasteiger partial charge on any atom is 0.178 e. The van der Waals surface area contributed by atoms with Crippen molar-refractivity contribution in [2.45, 2.75) is 11.3 Å². The van der Waals surface area contributed by atoms with E-state index in [0.717, 1.165) is 19.5 Å². The number of hydrogen-bond donors (Lipinski definition) is 1. The predicted octanol–water partition coefficient (Wildman–Crippen LogP) is 1.08. The minimum atomic E-state index is -3.16. The van der Waals surface area contributed by atoms with Crippen LogP contribution in [0.5, 0.6) is 5.75 Å². The van der Waals surface area contributed by atoms with Gasteiger partial charge in [0, 0.05) is 0 Å². The van der Waals surface area contributed by atoms with Crippen LogP contribution in [-0.2, 0) is 9.84 Å². The molecule has 0 aliphatic carbocycles. The van der Waals surface area contributed by atoms with Crippen LogP contribution < -0.4 is 10.1 Å². The zero-order valence-electron chi connectivity index (χ0n) is 9.85. The van der Waals surface area contributed by atoms with E-state index in [4.69, 9.17) is 4.74 Å². The second kappa shape index (κ2) is 5.06. The molecule has 1 N–H and O–H groups in total. The summed E-state index contributed by atoms with van der Waals surface area (Å²) in [7, 11) is -1.60. The fourth-order valence-electron chi connectivity index (χ4n) is 2.05. The number of ether oxygens (including phenoxy) is 1. The molecule has 94 valence electrons. The summed E-state index contributed by atoms with van der Waals surface area (Å²) in [5.74, 6) is 1.14. The van der Waals surface area contributed by atoms with Gasteiger partial charge in [-0.3, -0.25) is 0 Å². The summed E-state index contributed by atoms with van der Waals surface area (Å²) in [4.78, 5) is 0.380. The molecule has 5 heteroatoms. The molecule has 4 nitrogen and oxygen atoms in total. The first-order valence-corrected chi connectivity index (χ1v) is 7.34. The van der Waals surface area contributed by atoms with Crippen LogP contribution in [0.25, 0.3) is 0 Å². The van der Waals surface area contributed by atoms with Gasteiger partial charge in [-0.15, -0.1) is 0 Å². The van der Waals surface area contributed by atoms with Crippen molar-refractivity contribution in [2.75, 3.05) is 26.0 Å². The molecule has 0 aromatic heterocycles. The molecule has 0 amide bonds. The van der Waals surface area contributed by atoms with Gasteiger partial charge in [-0.25, -0.2) is 8.42 Å². The van der Waals surface area contributed by atoms with Crippen molar-refractivity contribution in [1.82, 2.24) is 5.32 Å². The molecule has 1 heterocycles. The summed E-state index contributed by atoms with van der Waals surface area (Å²) in [6.45, 7) is 1.72. The lowest BCUT2D eigenvalue weighted by molar-refractivity contribution is 0.414. The van der Waals surface area contributed by atoms with E-state index < -0.39 is 9.84 Å². The van der Waals surface area contributed by atoms with Crippen LogP contribution in [-0.4, -0.2) is 34.4 Å². The molecule has 1 aromatic carbocycles. The molecule has 0 saturated carbocycles. The van der Waals surface area contributed by atoms with Crippen molar-refractivity contribution in [1.29, 1.82) is 0 Å². The summed E-state index contributed by atoms with van der Waals surface area (Å²) in [6, 6.07) is 6.58. The Labute approximate surface area is 102 Å². The molecular weight excluding hydrogens is 238 g/mol. The molecule has 1 aromatic rings. The minimum Gasteiger partial charge on any atom is -0.497 e. The molecule has 17 heavy (non-hydrogen) atoms. The number of rotatable bonds is 4. The normalized spacial score (nSPS) is 20.4. The fourth-order valence-corrected chi connectivity index (χ4v) is 3.69. The highest BCUT2D eigenvalue weighted by atomic mass is 32.2. The molecule has 1 atom stereocenters. The number of benzene rings is 1. The Morgan fingerprint density at radius 3 is 2.59 bits per heavy atom. The summed E-state index contributed by atoms with van der Waals surface area (Å²) in [6.07, 6.45) is 0.940. The largest absolute Gasteiger partial charge is 0.497 e. The Morgan fingerprint density at radius 2 is 2.06 bits per heavy atom. The van der Waals surface area contributed by atoms with Crippen LogP contribution >= 0.6 is 0 Å².